The monoisotopic (exact) mass is 419 g/mol. The van der Waals surface area contributed by atoms with E-state index in [1.165, 1.54) is 26.1 Å². The van der Waals surface area contributed by atoms with E-state index in [-0.39, 0.29) is 15.5 Å². The molecule has 0 saturated heterocycles. The van der Waals surface area contributed by atoms with Crippen LogP contribution in [-0.2, 0) is 19.6 Å². The maximum atomic E-state index is 12.2. The van der Waals surface area contributed by atoms with Gasteiger partial charge in [0.15, 0.2) is 6.10 Å². The first kappa shape index (κ1) is 22.9. The van der Waals surface area contributed by atoms with Gasteiger partial charge in [0, 0.05) is 5.54 Å². The second kappa shape index (κ2) is 8.68. The Labute approximate surface area is 162 Å². The molecule has 0 aliphatic heterocycles. The first-order chi connectivity index (χ1) is 12.3. The quantitative estimate of drug-likeness (QED) is 0.618. The van der Waals surface area contributed by atoms with E-state index < -0.39 is 39.6 Å². The highest BCUT2D eigenvalue weighted by Crippen LogP contribution is 2.23. The zero-order chi connectivity index (χ0) is 21.0. The summed E-state index contributed by atoms with van der Waals surface area (Å²) in [6.45, 7) is 6.48. The Bertz CT molecular complexity index is 848. The molecule has 0 aliphatic rings. The van der Waals surface area contributed by atoms with Gasteiger partial charge in [0.05, 0.1) is 10.6 Å². The second-order valence-corrected chi connectivity index (χ2v) is 8.86. The number of benzene rings is 1. The summed E-state index contributed by atoms with van der Waals surface area (Å²) in [4.78, 5) is 35.5. The van der Waals surface area contributed by atoms with Crippen LogP contribution in [0.3, 0.4) is 0 Å². The Hall–Kier alpha value is -2.17. The van der Waals surface area contributed by atoms with Crippen molar-refractivity contribution in [1.82, 2.24) is 15.4 Å². The van der Waals surface area contributed by atoms with Gasteiger partial charge in [0.1, 0.15) is 4.90 Å². The molecule has 1 atom stereocenters. The lowest BCUT2D eigenvalue weighted by Gasteiger charge is -2.21. The fourth-order valence-electron chi connectivity index (χ4n) is 1.81. The molecule has 3 amide bonds. The molecule has 0 radical (unpaired) electrons. The molecule has 27 heavy (non-hydrogen) atoms. The number of carbonyl (C=O) groups excluding carboxylic acids is 3. The number of amides is 3. The Morgan fingerprint density at radius 3 is 2.30 bits per heavy atom. The summed E-state index contributed by atoms with van der Waals surface area (Å²) >= 11 is 5.85. The van der Waals surface area contributed by atoms with E-state index in [0.29, 0.717) is 0 Å². The van der Waals surface area contributed by atoms with Gasteiger partial charge in [-0.3, -0.25) is 10.1 Å². The Morgan fingerprint density at radius 2 is 1.78 bits per heavy atom. The number of sulfonamides is 1. The second-order valence-electron chi connectivity index (χ2n) is 6.59. The molecule has 150 valence electrons. The summed E-state index contributed by atoms with van der Waals surface area (Å²) < 4.78 is 30.9. The summed E-state index contributed by atoms with van der Waals surface area (Å²) in [6.07, 6.45) is -1.29. The molecule has 1 aromatic carbocycles. The van der Waals surface area contributed by atoms with Gasteiger partial charge in [-0.15, -0.1) is 0 Å². The van der Waals surface area contributed by atoms with Crippen LogP contribution < -0.4 is 15.4 Å². The van der Waals surface area contributed by atoms with Crippen molar-refractivity contribution in [3.05, 3.63) is 28.8 Å². The van der Waals surface area contributed by atoms with Crippen LogP contribution in [0.25, 0.3) is 0 Å². The average Bonchev–Trinajstić information content (AvgIpc) is 2.52. The Morgan fingerprint density at radius 1 is 1.19 bits per heavy atom. The van der Waals surface area contributed by atoms with Gasteiger partial charge < -0.3 is 10.1 Å². The number of esters is 1. The molecule has 1 aromatic rings. The summed E-state index contributed by atoms with van der Waals surface area (Å²) in [5.41, 5.74) is -0.671. The van der Waals surface area contributed by atoms with E-state index in [9.17, 15) is 22.8 Å². The van der Waals surface area contributed by atoms with Crippen molar-refractivity contribution in [1.29, 1.82) is 0 Å². The number of rotatable bonds is 5. The zero-order valence-corrected chi connectivity index (χ0v) is 17.1. The van der Waals surface area contributed by atoms with Crippen LogP contribution in [0.1, 0.15) is 38.1 Å². The molecule has 1 rings (SSSR count). The summed E-state index contributed by atoms with van der Waals surface area (Å²) in [5, 5.41) is 4.50. The topological polar surface area (TPSA) is 131 Å². The van der Waals surface area contributed by atoms with Gasteiger partial charge in [-0.05, 0) is 52.9 Å². The molecule has 0 aliphatic carbocycles. The van der Waals surface area contributed by atoms with E-state index in [1.54, 1.807) is 20.8 Å². The lowest BCUT2D eigenvalue weighted by Crippen LogP contribution is -2.50. The van der Waals surface area contributed by atoms with Crippen LogP contribution in [-0.4, -0.2) is 45.0 Å². The number of hydrogen-bond acceptors (Lipinski definition) is 6. The van der Waals surface area contributed by atoms with E-state index in [4.69, 9.17) is 16.3 Å². The summed E-state index contributed by atoms with van der Waals surface area (Å²) in [6, 6.07) is 2.79. The molecule has 9 nitrogen and oxygen atoms in total. The van der Waals surface area contributed by atoms with Gasteiger partial charge in [-0.2, -0.15) is 0 Å². The highest BCUT2D eigenvalue weighted by Gasteiger charge is 2.24. The highest BCUT2D eigenvalue weighted by molar-refractivity contribution is 7.89. The molecule has 0 heterocycles. The predicted molar refractivity (Wildman–Crippen MR) is 99.0 cm³/mol. The van der Waals surface area contributed by atoms with Crippen LogP contribution >= 0.6 is 11.6 Å². The Balaban J connectivity index is 2.85. The van der Waals surface area contributed by atoms with E-state index in [0.717, 1.165) is 6.07 Å². The normalized spacial score (nSPS) is 12.8. The molecule has 0 aromatic heterocycles. The van der Waals surface area contributed by atoms with Gasteiger partial charge in [-0.25, -0.2) is 22.7 Å². The van der Waals surface area contributed by atoms with Crippen molar-refractivity contribution < 1.29 is 27.5 Å². The lowest BCUT2D eigenvalue weighted by molar-refractivity contribution is -0.127. The third kappa shape index (κ3) is 6.81. The number of halogens is 1. The largest absolute Gasteiger partial charge is 0.449 e. The number of ether oxygens (including phenoxy) is 1. The number of nitrogens with one attached hydrogen (secondary N) is 3. The molecule has 11 heteroatoms. The van der Waals surface area contributed by atoms with E-state index >= 15 is 0 Å². The number of hydrogen-bond donors (Lipinski definition) is 3. The molecule has 3 N–H and O–H groups in total. The van der Waals surface area contributed by atoms with E-state index in [1.807, 2.05) is 0 Å². The van der Waals surface area contributed by atoms with Crippen LogP contribution in [0, 0.1) is 0 Å². The Kier molecular flexibility index (Phi) is 7.35. The molecule has 0 fully saturated rings. The molecule has 0 saturated carbocycles. The zero-order valence-electron chi connectivity index (χ0n) is 15.5. The minimum absolute atomic E-state index is 0.0782. The lowest BCUT2D eigenvalue weighted by atomic mass is 10.1. The maximum Gasteiger partial charge on any atom is 0.338 e. The maximum absolute atomic E-state index is 12.2. The van der Waals surface area contributed by atoms with Crippen molar-refractivity contribution in [2.75, 3.05) is 7.05 Å². The summed E-state index contributed by atoms with van der Waals surface area (Å²) in [5.74, 6) is -1.78. The first-order valence-corrected chi connectivity index (χ1v) is 9.70. The molecule has 0 bridgehead atoms. The fraction of sp³-hybridized carbons (Fsp3) is 0.438. The molecular weight excluding hydrogens is 398 g/mol. The van der Waals surface area contributed by atoms with E-state index in [2.05, 4.69) is 15.4 Å². The van der Waals surface area contributed by atoms with Crippen molar-refractivity contribution in [3.8, 4) is 0 Å². The SMILES string of the molecule is CNS(=O)(=O)c1cc(C(=O)O[C@@H](C)C(=O)NC(=O)NC(C)(C)C)ccc1Cl. The van der Waals surface area contributed by atoms with Crippen molar-refractivity contribution >= 4 is 39.5 Å². The minimum Gasteiger partial charge on any atom is -0.449 e. The van der Waals surface area contributed by atoms with Gasteiger partial charge >= 0.3 is 12.0 Å². The van der Waals surface area contributed by atoms with Crippen molar-refractivity contribution in [2.24, 2.45) is 0 Å². The van der Waals surface area contributed by atoms with Crippen LogP contribution in [0.15, 0.2) is 23.1 Å². The van der Waals surface area contributed by atoms with Gasteiger partial charge in [0.25, 0.3) is 5.91 Å². The van der Waals surface area contributed by atoms with Crippen LogP contribution in [0.5, 0.6) is 0 Å². The fourth-order valence-corrected chi connectivity index (χ4v) is 3.06. The first-order valence-electron chi connectivity index (χ1n) is 7.84. The van der Waals surface area contributed by atoms with Gasteiger partial charge in [0.2, 0.25) is 10.0 Å². The van der Waals surface area contributed by atoms with Crippen LogP contribution in [0.4, 0.5) is 4.79 Å². The average molecular weight is 420 g/mol. The van der Waals surface area contributed by atoms with Crippen molar-refractivity contribution in [2.45, 2.75) is 44.2 Å². The molecule has 0 unspecified atom stereocenters. The highest BCUT2D eigenvalue weighted by atomic mass is 35.5. The van der Waals surface area contributed by atoms with Crippen LogP contribution in [0.2, 0.25) is 5.02 Å². The minimum atomic E-state index is -3.88. The predicted octanol–water partition coefficient (Wildman–Crippen LogP) is 1.42. The summed E-state index contributed by atoms with van der Waals surface area (Å²) in [7, 11) is -2.68. The standard InChI is InChI=1S/C16H22ClN3O6S/c1-9(13(21)19-15(23)20-16(2,3)4)26-14(22)10-6-7-11(17)12(8-10)27(24,25)18-5/h6-9,18H,1-5H3,(H2,19,20,21,23)/t9-/m0/s1. The molecule has 0 spiro atoms. The van der Waals surface area contributed by atoms with Crippen molar-refractivity contribution in [3.63, 3.8) is 0 Å². The molecular formula is C16H22ClN3O6S. The smallest absolute Gasteiger partial charge is 0.338 e. The number of imide groups is 1. The third-order valence-corrected chi connectivity index (χ3v) is 5.00. The van der Waals surface area contributed by atoms with Gasteiger partial charge in [-0.1, -0.05) is 11.6 Å². The third-order valence-electron chi connectivity index (χ3n) is 3.10. The number of urea groups is 1. The number of carbonyl (C=O) groups is 3.